The highest BCUT2D eigenvalue weighted by atomic mass is 16.7. The monoisotopic (exact) mass is 336 g/mol. The maximum atomic E-state index is 9.52. The standard InChI is InChI=1S/C21H36O3/c1-19-11-4-3-5-14(19)6-8-16-17-9-7-15(13-21(22,23)24)20(17,2)12-10-18(16)19/h14-18,22-24H,3-13H2,1-2H3/t14-,15-,16+,17+,18+,19+,20-/m1/s1. The zero-order chi connectivity index (χ0) is 17.2. The lowest BCUT2D eigenvalue weighted by molar-refractivity contribution is -0.323. The van der Waals surface area contributed by atoms with Gasteiger partial charge in [0, 0.05) is 6.42 Å². The van der Waals surface area contributed by atoms with Crippen molar-refractivity contribution in [3.05, 3.63) is 0 Å². The Balaban J connectivity index is 1.57. The van der Waals surface area contributed by atoms with Crippen molar-refractivity contribution in [1.29, 1.82) is 0 Å². The van der Waals surface area contributed by atoms with Gasteiger partial charge in [0.05, 0.1) is 0 Å². The molecule has 3 heteroatoms. The molecule has 7 atom stereocenters. The van der Waals surface area contributed by atoms with Gasteiger partial charge < -0.3 is 15.3 Å². The van der Waals surface area contributed by atoms with Crippen molar-refractivity contribution >= 4 is 0 Å². The topological polar surface area (TPSA) is 60.7 Å². The minimum Gasteiger partial charge on any atom is -0.344 e. The molecule has 0 bridgehead atoms. The molecule has 4 rings (SSSR count). The van der Waals surface area contributed by atoms with Gasteiger partial charge in [0.25, 0.3) is 5.97 Å². The van der Waals surface area contributed by atoms with Gasteiger partial charge in [0.15, 0.2) is 0 Å². The van der Waals surface area contributed by atoms with E-state index in [4.69, 9.17) is 0 Å². The molecular weight excluding hydrogens is 300 g/mol. The summed E-state index contributed by atoms with van der Waals surface area (Å²) in [6.07, 6.45) is 13.5. The fourth-order valence-corrected chi connectivity index (χ4v) is 8.07. The molecule has 0 aliphatic heterocycles. The van der Waals surface area contributed by atoms with Gasteiger partial charge in [-0.25, -0.2) is 0 Å². The second-order valence-corrected chi connectivity index (χ2v) is 10.2. The van der Waals surface area contributed by atoms with Crippen LogP contribution in [0.5, 0.6) is 0 Å². The zero-order valence-corrected chi connectivity index (χ0v) is 15.5. The molecular formula is C21H36O3. The van der Waals surface area contributed by atoms with Crippen molar-refractivity contribution in [2.75, 3.05) is 0 Å². The molecule has 0 aromatic heterocycles. The van der Waals surface area contributed by atoms with Crippen molar-refractivity contribution in [3.8, 4) is 0 Å². The fraction of sp³-hybridized carbons (Fsp3) is 1.00. The summed E-state index contributed by atoms with van der Waals surface area (Å²) in [5.41, 5.74) is 0.758. The van der Waals surface area contributed by atoms with Crippen molar-refractivity contribution in [2.45, 2.75) is 90.4 Å². The minimum atomic E-state index is -2.49. The van der Waals surface area contributed by atoms with Crippen LogP contribution in [0.1, 0.15) is 84.5 Å². The van der Waals surface area contributed by atoms with E-state index in [1.54, 1.807) is 0 Å². The lowest BCUT2D eigenvalue weighted by Gasteiger charge is -2.60. The van der Waals surface area contributed by atoms with Crippen LogP contribution in [-0.4, -0.2) is 21.3 Å². The summed E-state index contributed by atoms with van der Waals surface area (Å²) in [5, 5.41) is 28.6. The Labute approximate surface area is 146 Å². The van der Waals surface area contributed by atoms with E-state index in [9.17, 15) is 15.3 Å². The molecule has 0 aromatic rings. The average Bonchev–Trinajstić information content (AvgIpc) is 2.82. The molecule has 3 N–H and O–H groups in total. The minimum absolute atomic E-state index is 0.122. The molecule has 4 aliphatic carbocycles. The van der Waals surface area contributed by atoms with E-state index in [2.05, 4.69) is 13.8 Å². The van der Waals surface area contributed by atoms with E-state index in [1.807, 2.05) is 0 Å². The summed E-state index contributed by atoms with van der Waals surface area (Å²) < 4.78 is 0. The Morgan fingerprint density at radius 1 is 0.792 bits per heavy atom. The van der Waals surface area contributed by atoms with E-state index < -0.39 is 5.97 Å². The Hall–Kier alpha value is -0.120. The number of fused-ring (bicyclic) bond motifs is 5. The fourth-order valence-electron chi connectivity index (χ4n) is 8.07. The Morgan fingerprint density at radius 3 is 2.29 bits per heavy atom. The van der Waals surface area contributed by atoms with Crippen molar-refractivity contribution < 1.29 is 15.3 Å². The SMILES string of the molecule is C[C@]12CCCC[C@@H]1CC[C@@H]1[C@@H]2CC[C@]2(C)[C@@H](CC(O)(O)O)CC[C@@H]12. The summed E-state index contributed by atoms with van der Waals surface area (Å²) >= 11 is 0. The first kappa shape index (κ1) is 17.3. The maximum absolute atomic E-state index is 9.52. The van der Waals surface area contributed by atoms with Crippen LogP contribution in [0.3, 0.4) is 0 Å². The normalized spacial score (nSPS) is 51.6. The Morgan fingerprint density at radius 2 is 1.54 bits per heavy atom. The van der Waals surface area contributed by atoms with Crippen LogP contribution >= 0.6 is 0 Å². The van der Waals surface area contributed by atoms with E-state index in [0.717, 1.165) is 30.1 Å². The van der Waals surface area contributed by atoms with Gasteiger partial charge in [-0.1, -0.05) is 26.7 Å². The first-order valence-corrected chi connectivity index (χ1v) is 10.4. The maximum Gasteiger partial charge on any atom is 0.275 e. The number of hydrogen-bond donors (Lipinski definition) is 3. The predicted octanol–water partition coefficient (Wildman–Crippen LogP) is 4.06. The molecule has 0 amide bonds. The summed E-state index contributed by atoms with van der Waals surface area (Å²) in [4.78, 5) is 0. The summed E-state index contributed by atoms with van der Waals surface area (Å²) in [7, 11) is 0. The molecule has 4 aliphatic rings. The van der Waals surface area contributed by atoms with Crippen LogP contribution in [0.4, 0.5) is 0 Å². The smallest absolute Gasteiger partial charge is 0.275 e. The third-order valence-electron chi connectivity index (χ3n) is 9.30. The summed E-state index contributed by atoms with van der Waals surface area (Å²) in [6.45, 7) is 4.98. The van der Waals surface area contributed by atoms with Gasteiger partial charge >= 0.3 is 0 Å². The third-order valence-corrected chi connectivity index (χ3v) is 9.30. The van der Waals surface area contributed by atoms with Gasteiger partial charge in [0.1, 0.15) is 0 Å². The highest BCUT2D eigenvalue weighted by Crippen LogP contribution is 2.67. The van der Waals surface area contributed by atoms with Gasteiger partial charge in [-0.2, -0.15) is 0 Å². The van der Waals surface area contributed by atoms with Gasteiger partial charge in [-0.3, -0.25) is 0 Å². The predicted molar refractivity (Wildman–Crippen MR) is 93.8 cm³/mol. The first-order valence-electron chi connectivity index (χ1n) is 10.4. The number of hydrogen-bond acceptors (Lipinski definition) is 3. The molecule has 4 saturated carbocycles. The highest BCUT2D eigenvalue weighted by molar-refractivity contribution is 5.08. The van der Waals surface area contributed by atoms with Crippen molar-refractivity contribution in [3.63, 3.8) is 0 Å². The van der Waals surface area contributed by atoms with Crippen LogP contribution < -0.4 is 0 Å². The lowest BCUT2D eigenvalue weighted by Crippen LogP contribution is -2.53. The molecule has 3 nitrogen and oxygen atoms in total. The van der Waals surface area contributed by atoms with Crippen molar-refractivity contribution in [2.24, 2.45) is 40.4 Å². The highest BCUT2D eigenvalue weighted by Gasteiger charge is 2.60. The molecule has 4 fully saturated rings. The second-order valence-electron chi connectivity index (χ2n) is 10.2. The zero-order valence-electron chi connectivity index (χ0n) is 15.5. The molecule has 0 spiro atoms. The van der Waals surface area contributed by atoms with E-state index in [-0.39, 0.29) is 17.8 Å². The van der Waals surface area contributed by atoms with E-state index in [0.29, 0.717) is 5.41 Å². The van der Waals surface area contributed by atoms with Crippen LogP contribution in [0, 0.1) is 40.4 Å². The first-order chi connectivity index (χ1) is 11.2. The van der Waals surface area contributed by atoms with Gasteiger partial charge in [-0.15, -0.1) is 0 Å². The van der Waals surface area contributed by atoms with Crippen LogP contribution in [0.25, 0.3) is 0 Å². The van der Waals surface area contributed by atoms with Crippen molar-refractivity contribution in [1.82, 2.24) is 0 Å². The molecule has 0 radical (unpaired) electrons. The lowest BCUT2D eigenvalue weighted by atomic mass is 9.45. The quantitative estimate of drug-likeness (QED) is 0.667. The van der Waals surface area contributed by atoms with E-state index in [1.165, 1.54) is 57.8 Å². The molecule has 0 heterocycles. The molecule has 0 aromatic carbocycles. The second kappa shape index (κ2) is 5.69. The van der Waals surface area contributed by atoms with Gasteiger partial charge in [-0.05, 0) is 91.8 Å². The Kier molecular flexibility index (Phi) is 4.10. The largest absolute Gasteiger partial charge is 0.344 e. The van der Waals surface area contributed by atoms with E-state index >= 15 is 0 Å². The van der Waals surface area contributed by atoms with Gasteiger partial charge in [0.2, 0.25) is 0 Å². The summed E-state index contributed by atoms with van der Waals surface area (Å²) in [6, 6.07) is 0. The van der Waals surface area contributed by atoms with Crippen LogP contribution in [-0.2, 0) is 0 Å². The molecule has 0 saturated heterocycles. The third kappa shape index (κ3) is 2.57. The average molecular weight is 337 g/mol. The van der Waals surface area contributed by atoms with Crippen LogP contribution in [0.2, 0.25) is 0 Å². The van der Waals surface area contributed by atoms with Crippen LogP contribution in [0.15, 0.2) is 0 Å². The summed E-state index contributed by atoms with van der Waals surface area (Å²) in [5.74, 6) is 1.15. The number of rotatable bonds is 2. The molecule has 0 unspecified atom stereocenters. The molecule has 24 heavy (non-hydrogen) atoms. The molecule has 138 valence electrons. The Bertz CT molecular complexity index is 484. The number of aliphatic hydroxyl groups is 3.